The number of benzene rings is 4. The van der Waals surface area contributed by atoms with Crippen molar-refractivity contribution < 1.29 is 10.0 Å². The lowest BCUT2D eigenvalue weighted by molar-refractivity contribution is 0.426. The van der Waals surface area contributed by atoms with Crippen LogP contribution in [0.25, 0.3) is 10.8 Å². The van der Waals surface area contributed by atoms with Crippen LogP contribution in [0.3, 0.4) is 0 Å². The average Bonchev–Trinajstić information content (AvgIpc) is 2.69. The zero-order valence-electron chi connectivity index (χ0n) is 14.2. The Hall–Kier alpha value is -3.08. The van der Waals surface area contributed by atoms with E-state index in [0.717, 1.165) is 27.8 Å². The van der Waals surface area contributed by atoms with Gasteiger partial charge in [0, 0.05) is 22.2 Å². The number of rotatable bonds is 4. The molecule has 4 aromatic rings. The monoisotopic (exact) mass is 339 g/mol. The minimum atomic E-state index is -1.55. The van der Waals surface area contributed by atoms with E-state index in [4.69, 9.17) is 0 Å². The van der Waals surface area contributed by atoms with Gasteiger partial charge in [0.1, 0.15) is 0 Å². The third-order valence-electron chi connectivity index (χ3n) is 4.48. The lowest BCUT2D eigenvalue weighted by atomic mass is 9.78. The number of fused-ring (bicyclic) bond motifs is 1. The molecular weight excluding hydrogens is 321 g/mol. The van der Waals surface area contributed by atoms with Crippen LogP contribution in [0.1, 0.15) is 0 Å². The van der Waals surface area contributed by atoms with Gasteiger partial charge in [0.05, 0.1) is 5.69 Å². The van der Waals surface area contributed by atoms with Crippen molar-refractivity contribution in [3.63, 3.8) is 0 Å². The molecule has 4 rings (SSSR count). The molecule has 0 unspecified atom stereocenters. The summed E-state index contributed by atoms with van der Waals surface area (Å²) in [6, 6.07) is 31.7. The van der Waals surface area contributed by atoms with E-state index in [9.17, 15) is 10.0 Å². The summed E-state index contributed by atoms with van der Waals surface area (Å²) < 4.78 is 0. The summed E-state index contributed by atoms with van der Waals surface area (Å²) in [6.45, 7) is 0. The van der Waals surface area contributed by atoms with Crippen molar-refractivity contribution in [2.24, 2.45) is 0 Å². The van der Waals surface area contributed by atoms with E-state index in [1.807, 2.05) is 66.7 Å². The summed E-state index contributed by atoms with van der Waals surface area (Å²) in [5.74, 6) is 0. The molecule has 0 aliphatic carbocycles. The van der Waals surface area contributed by atoms with E-state index in [0.29, 0.717) is 5.46 Å². The Morgan fingerprint density at radius 3 is 2.00 bits per heavy atom. The molecule has 4 heteroatoms. The highest BCUT2D eigenvalue weighted by atomic mass is 16.4. The van der Waals surface area contributed by atoms with E-state index >= 15 is 0 Å². The van der Waals surface area contributed by atoms with Crippen LogP contribution in [-0.4, -0.2) is 17.2 Å². The van der Waals surface area contributed by atoms with Gasteiger partial charge in [0.15, 0.2) is 0 Å². The smallest absolute Gasteiger partial charge is 0.423 e. The van der Waals surface area contributed by atoms with Gasteiger partial charge in [0.25, 0.3) is 0 Å². The molecule has 0 heterocycles. The van der Waals surface area contributed by atoms with E-state index in [1.54, 1.807) is 6.07 Å². The fourth-order valence-electron chi connectivity index (χ4n) is 3.30. The third kappa shape index (κ3) is 2.97. The van der Waals surface area contributed by atoms with Gasteiger partial charge >= 0.3 is 7.12 Å². The SMILES string of the molecule is OB(O)c1ccccc1N(c1ccccc1)c1cccc2ccccc12. The van der Waals surface area contributed by atoms with Gasteiger partial charge < -0.3 is 14.9 Å². The van der Waals surface area contributed by atoms with Gasteiger partial charge in [-0.3, -0.25) is 0 Å². The van der Waals surface area contributed by atoms with Crippen molar-refractivity contribution in [2.75, 3.05) is 4.90 Å². The number of nitrogens with zero attached hydrogens (tertiary/aromatic N) is 1. The molecule has 2 N–H and O–H groups in total. The van der Waals surface area contributed by atoms with Crippen molar-refractivity contribution in [2.45, 2.75) is 0 Å². The highest BCUT2D eigenvalue weighted by Crippen LogP contribution is 2.37. The van der Waals surface area contributed by atoms with Gasteiger partial charge in [0.2, 0.25) is 0 Å². The Labute approximate surface area is 152 Å². The van der Waals surface area contributed by atoms with E-state index < -0.39 is 7.12 Å². The molecule has 3 nitrogen and oxygen atoms in total. The van der Waals surface area contributed by atoms with Gasteiger partial charge in [-0.05, 0) is 29.7 Å². The lowest BCUT2D eigenvalue weighted by Gasteiger charge is -2.28. The topological polar surface area (TPSA) is 43.7 Å². The zero-order chi connectivity index (χ0) is 17.9. The Kier molecular flexibility index (Phi) is 4.44. The predicted molar refractivity (Wildman–Crippen MR) is 108 cm³/mol. The van der Waals surface area contributed by atoms with Crippen molar-refractivity contribution in [1.29, 1.82) is 0 Å². The molecule has 26 heavy (non-hydrogen) atoms. The minimum absolute atomic E-state index is 0.462. The van der Waals surface area contributed by atoms with Crippen LogP contribution in [0.2, 0.25) is 0 Å². The Morgan fingerprint density at radius 2 is 1.19 bits per heavy atom. The Morgan fingerprint density at radius 1 is 0.577 bits per heavy atom. The lowest BCUT2D eigenvalue weighted by Crippen LogP contribution is -2.34. The zero-order valence-corrected chi connectivity index (χ0v) is 14.2. The number of hydrogen-bond acceptors (Lipinski definition) is 3. The van der Waals surface area contributed by atoms with Gasteiger partial charge in [-0.15, -0.1) is 0 Å². The van der Waals surface area contributed by atoms with Crippen LogP contribution >= 0.6 is 0 Å². The van der Waals surface area contributed by atoms with E-state index in [-0.39, 0.29) is 0 Å². The second kappa shape index (κ2) is 7.04. The second-order valence-corrected chi connectivity index (χ2v) is 6.10. The van der Waals surface area contributed by atoms with E-state index in [1.165, 1.54) is 0 Å². The van der Waals surface area contributed by atoms with Crippen LogP contribution in [-0.2, 0) is 0 Å². The van der Waals surface area contributed by atoms with Gasteiger partial charge in [-0.25, -0.2) is 0 Å². The molecule has 0 fully saturated rings. The van der Waals surface area contributed by atoms with Crippen molar-refractivity contribution >= 4 is 40.4 Å². The molecule has 126 valence electrons. The number of anilines is 3. The molecule has 4 aromatic carbocycles. The first-order valence-electron chi connectivity index (χ1n) is 8.54. The summed E-state index contributed by atoms with van der Waals surface area (Å²) in [7, 11) is -1.55. The summed E-state index contributed by atoms with van der Waals surface area (Å²) in [6.07, 6.45) is 0. The summed E-state index contributed by atoms with van der Waals surface area (Å²) in [5.41, 5.74) is 3.15. The molecule has 0 atom stereocenters. The van der Waals surface area contributed by atoms with Gasteiger partial charge in [-0.1, -0.05) is 72.8 Å². The highest BCUT2D eigenvalue weighted by molar-refractivity contribution is 6.60. The first-order valence-corrected chi connectivity index (χ1v) is 8.54. The first-order chi connectivity index (χ1) is 12.8. The molecular formula is C22H18BNO2. The molecule has 0 aliphatic heterocycles. The predicted octanol–water partition coefficient (Wildman–Crippen LogP) is 3.99. The standard InChI is InChI=1S/C22H18BNO2/c25-23(26)20-14-6-7-15-22(20)24(18-11-2-1-3-12-18)21-16-8-10-17-9-4-5-13-19(17)21/h1-16,25-26H. The highest BCUT2D eigenvalue weighted by Gasteiger charge is 2.22. The molecule has 0 spiro atoms. The number of para-hydroxylation sites is 2. The maximum atomic E-state index is 9.89. The van der Waals surface area contributed by atoms with Crippen LogP contribution < -0.4 is 10.4 Å². The molecule has 0 bridgehead atoms. The second-order valence-electron chi connectivity index (χ2n) is 6.10. The molecule has 0 aliphatic rings. The number of hydrogen-bond donors (Lipinski definition) is 2. The maximum Gasteiger partial charge on any atom is 0.490 e. The van der Waals surface area contributed by atoms with Crippen molar-refractivity contribution in [1.82, 2.24) is 0 Å². The van der Waals surface area contributed by atoms with Crippen LogP contribution in [0.4, 0.5) is 17.1 Å². The molecule has 0 saturated heterocycles. The summed E-state index contributed by atoms with van der Waals surface area (Å²) in [5, 5.41) is 22.0. The van der Waals surface area contributed by atoms with Crippen LogP contribution in [0.5, 0.6) is 0 Å². The fraction of sp³-hybridized carbons (Fsp3) is 0. The molecule has 0 saturated carbocycles. The van der Waals surface area contributed by atoms with Crippen LogP contribution in [0.15, 0.2) is 97.1 Å². The van der Waals surface area contributed by atoms with Crippen molar-refractivity contribution in [3.05, 3.63) is 97.1 Å². The normalized spacial score (nSPS) is 10.7. The molecule has 0 radical (unpaired) electrons. The average molecular weight is 339 g/mol. The minimum Gasteiger partial charge on any atom is -0.423 e. The largest absolute Gasteiger partial charge is 0.490 e. The third-order valence-corrected chi connectivity index (χ3v) is 4.48. The Balaban J connectivity index is 2.02. The van der Waals surface area contributed by atoms with E-state index in [2.05, 4.69) is 29.2 Å². The maximum absolute atomic E-state index is 9.89. The molecule has 0 amide bonds. The van der Waals surface area contributed by atoms with Crippen molar-refractivity contribution in [3.8, 4) is 0 Å². The summed E-state index contributed by atoms with van der Waals surface area (Å²) >= 11 is 0. The first kappa shape index (κ1) is 16.4. The quantitative estimate of drug-likeness (QED) is 0.553. The van der Waals surface area contributed by atoms with Crippen LogP contribution in [0, 0.1) is 0 Å². The summed E-state index contributed by atoms with van der Waals surface area (Å²) in [4.78, 5) is 2.07. The molecule has 0 aromatic heterocycles. The Bertz CT molecular complexity index is 1030. The fourth-order valence-corrected chi connectivity index (χ4v) is 3.30. The van der Waals surface area contributed by atoms with Gasteiger partial charge in [-0.2, -0.15) is 0 Å².